The fourth-order valence-corrected chi connectivity index (χ4v) is 2.94. The van der Waals surface area contributed by atoms with Crippen LogP contribution < -0.4 is 5.32 Å². The minimum Gasteiger partial charge on any atom is -0.368 e. The van der Waals surface area contributed by atoms with Crippen LogP contribution in [-0.2, 0) is 17.9 Å². The lowest BCUT2D eigenvalue weighted by atomic mass is 9.96. The first kappa shape index (κ1) is 13.6. The topological polar surface area (TPSA) is 39.1 Å². The molecule has 1 aliphatic rings. The summed E-state index contributed by atoms with van der Waals surface area (Å²) < 4.78 is 8.24. The van der Waals surface area contributed by atoms with Gasteiger partial charge in [0.1, 0.15) is 0 Å². The molecule has 2 heterocycles. The lowest BCUT2D eigenvalue weighted by molar-refractivity contribution is -0.0580. The zero-order chi connectivity index (χ0) is 14.0. The van der Waals surface area contributed by atoms with E-state index in [9.17, 15) is 0 Å². The van der Waals surface area contributed by atoms with E-state index in [1.54, 1.807) is 0 Å². The number of benzene rings is 1. The van der Waals surface area contributed by atoms with E-state index in [4.69, 9.17) is 9.84 Å². The van der Waals surface area contributed by atoms with Crippen molar-refractivity contribution in [3.63, 3.8) is 0 Å². The van der Waals surface area contributed by atoms with Crippen molar-refractivity contribution >= 4 is 10.9 Å². The monoisotopic (exact) mass is 273 g/mol. The molecule has 2 aromatic rings. The average Bonchev–Trinajstić information content (AvgIpc) is 2.84. The Morgan fingerprint density at radius 2 is 2.25 bits per heavy atom. The van der Waals surface area contributed by atoms with Gasteiger partial charge in [0.15, 0.2) is 0 Å². The van der Waals surface area contributed by atoms with E-state index >= 15 is 0 Å². The Bertz CT molecular complexity index is 584. The number of para-hydroxylation sites is 1. The van der Waals surface area contributed by atoms with Crippen LogP contribution in [0.5, 0.6) is 0 Å². The molecule has 1 atom stereocenters. The highest BCUT2D eigenvalue weighted by molar-refractivity contribution is 5.81. The lowest BCUT2D eigenvalue weighted by Crippen LogP contribution is -2.45. The Hall–Kier alpha value is -1.39. The molecule has 108 valence electrons. The van der Waals surface area contributed by atoms with Crippen molar-refractivity contribution in [3.8, 4) is 0 Å². The predicted octanol–water partition coefficient (Wildman–Crippen LogP) is 2.71. The van der Waals surface area contributed by atoms with Gasteiger partial charge in [0.25, 0.3) is 0 Å². The Balaban J connectivity index is 1.80. The maximum Gasteiger partial charge on any atom is 0.0960 e. The molecule has 0 radical (unpaired) electrons. The van der Waals surface area contributed by atoms with Crippen LogP contribution in [0.25, 0.3) is 10.9 Å². The number of fused-ring (bicyclic) bond motifs is 1. The molecule has 0 spiro atoms. The Labute approximate surface area is 120 Å². The number of hydrogen-bond donors (Lipinski definition) is 1. The second-order valence-corrected chi connectivity index (χ2v) is 5.80. The van der Waals surface area contributed by atoms with Gasteiger partial charge in [-0.05, 0) is 39.3 Å². The number of piperidine rings is 1. The van der Waals surface area contributed by atoms with Crippen molar-refractivity contribution in [2.24, 2.45) is 0 Å². The van der Waals surface area contributed by atoms with Gasteiger partial charge in [-0.25, -0.2) is 0 Å². The fourth-order valence-electron chi connectivity index (χ4n) is 2.94. The molecule has 0 bridgehead atoms. The molecule has 1 N–H and O–H groups in total. The number of aromatic nitrogens is 2. The number of ether oxygens (including phenoxy) is 1. The van der Waals surface area contributed by atoms with Crippen LogP contribution in [0.3, 0.4) is 0 Å². The second kappa shape index (κ2) is 5.54. The van der Waals surface area contributed by atoms with E-state index in [2.05, 4.69) is 48.1 Å². The summed E-state index contributed by atoms with van der Waals surface area (Å²) in [5, 5.41) is 9.32. The van der Waals surface area contributed by atoms with Gasteiger partial charge in [0, 0.05) is 18.5 Å². The van der Waals surface area contributed by atoms with Gasteiger partial charge >= 0.3 is 0 Å². The van der Waals surface area contributed by atoms with Gasteiger partial charge < -0.3 is 10.1 Å². The summed E-state index contributed by atoms with van der Waals surface area (Å²) in [6.45, 7) is 7.82. The summed E-state index contributed by atoms with van der Waals surface area (Å²) in [6.07, 6.45) is 2.30. The van der Waals surface area contributed by atoms with Gasteiger partial charge in [-0.1, -0.05) is 18.2 Å². The molecule has 0 aliphatic carbocycles. The predicted molar refractivity (Wildman–Crippen MR) is 80.7 cm³/mol. The smallest absolute Gasteiger partial charge is 0.0960 e. The van der Waals surface area contributed by atoms with Crippen molar-refractivity contribution in [2.75, 3.05) is 13.1 Å². The van der Waals surface area contributed by atoms with Crippen molar-refractivity contribution < 1.29 is 4.74 Å². The normalized spacial score (nSPS) is 23.3. The molecule has 1 aromatic heterocycles. The molecular weight excluding hydrogens is 250 g/mol. The molecule has 0 saturated carbocycles. The number of rotatable bonds is 4. The largest absolute Gasteiger partial charge is 0.368 e. The highest BCUT2D eigenvalue weighted by atomic mass is 16.5. The van der Waals surface area contributed by atoms with Crippen LogP contribution in [0.1, 0.15) is 32.4 Å². The van der Waals surface area contributed by atoms with E-state index in [-0.39, 0.29) is 5.60 Å². The molecule has 1 saturated heterocycles. The molecule has 1 aliphatic heterocycles. The van der Waals surface area contributed by atoms with Gasteiger partial charge in [-0.15, -0.1) is 0 Å². The van der Waals surface area contributed by atoms with Crippen LogP contribution in [0.15, 0.2) is 24.3 Å². The van der Waals surface area contributed by atoms with E-state index in [0.29, 0.717) is 6.61 Å². The van der Waals surface area contributed by atoms with E-state index in [1.165, 1.54) is 17.3 Å². The molecule has 1 unspecified atom stereocenters. The third-order valence-electron chi connectivity index (χ3n) is 4.15. The third-order valence-corrected chi connectivity index (χ3v) is 4.15. The molecular formula is C16H23N3O. The quantitative estimate of drug-likeness (QED) is 0.931. The van der Waals surface area contributed by atoms with Crippen LogP contribution >= 0.6 is 0 Å². The summed E-state index contributed by atoms with van der Waals surface area (Å²) in [6, 6.07) is 8.39. The van der Waals surface area contributed by atoms with Crippen molar-refractivity contribution in [2.45, 2.75) is 45.4 Å². The van der Waals surface area contributed by atoms with Gasteiger partial charge in [-0.2, -0.15) is 5.10 Å². The maximum atomic E-state index is 6.18. The first-order valence-corrected chi connectivity index (χ1v) is 7.51. The zero-order valence-corrected chi connectivity index (χ0v) is 12.4. The number of nitrogens with zero attached hydrogens (tertiary/aromatic N) is 2. The summed E-state index contributed by atoms with van der Waals surface area (Å²) in [5.74, 6) is 0. The zero-order valence-electron chi connectivity index (χ0n) is 12.4. The highest BCUT2D eigenvalue weighted by Gasteiger charge is 2.28. The van der Waals surface area contributed by atoms with Crippen LogP contribution in [-0.4, -0.2) is 28.5 Å². The Morgan fingerprint density at radius 1 is 1.40 bits per heavy atom. The Kier molecular flexibility index (Phi) is 3.76. The summed E-state index contributed by atoms with van der Waals surface area (Å²) in [5.41, 5.74) is 2.18. The van der Waals surface area contributed by atoms with Crippen molar-refractivity contribution in [3.05, 3.63) is 30.0 Å². The van der Waals surface area contributed by atoms with E-state index in [0.717, 1.165) is 31.7 Å². The maximum absolute atomic E-state index is 6.18. The molecule has 0 amide bonds. The van der Waals surface area contributed by atoms with Crippen molar-refractivity contribution in [1.82, 2.24) is 15.1 Å². The minimum atomic E-state index is -0.0602. The molecule has 1 aromatic carbocycles. The summed E-state index contributed by atoms with van der Waals surface area (Å²) >= 11 is 0. The molecule has 4 heteroatoms. The third kappa shape index (κ3) is 2.58. The summed E-state index contributed by atoms with van der Waals surface area (Å²) in [7, 11) is 0. The van der Waals surface area contributed by atoms with Gasteiger partial charge in [-0.3, -0.25) is 4.68 Å². The molecule has 20 heavy (non-hydrogen) atoms. The number of nitrogens with one attached hydrogen (secondary N) is 1. The first-order chi connectivity index (χ1) is 9.72. The summed E-state index contributed by atoms with van der Waals surface area (Å²) in [4.78, 5) is 0. The fraction of sp³-hybridized carbons (Fsp3) is 0.562. The van der Waals surface area contributed by atoms with Crippen LogP contribution in [0.2, 0.25) is 0 Å². The highest BCUT2D eigenvalue weighted by Crippen LogP contribution is 2.24. The van der Waals surface area contributed by atoms with Crippen molar-refractivity contribution in [1.29, 1.82) is 0 Å². The standard InChI is InChI=1S/C16H23N3O/c1-3-19-15-8-5-4-7-13(15)14(18-19)11-20-16(2)9-6-10-17-12-16/h4-5,7-8,17H,3,6,9-12H2,1-2H3. The SMILES string of the molecule is CCn1nc(COC2(C)CCCNC2)c2ccccc21. The minimum absolute atomic E-state index is 0.0602. The lowest BCUT2D eigenvalue weighted by Gasteiger charge is -2.33. The van der Waals surface area contributed by atoms with Gasteiger partial charge in [0.2, 0.25) is 0 Å². The first-order valence-electron chi connectivity index (χ1n) is 7.51. The van der Waals surface area contributed by atoms with E-state index in [1.807, 2.05) is 0 Å². The average molecular weight is 273 g/mol. The number of hydrogen-bond acceptors (Lipinski definition) is 3. The van der Waals surface area contributed by atoms with Crippen LogP contribution in [0, 0.1) is 0 Å². The van der Waals surface area contributed by atoms with Gasteiger partial charge in [0.05, 0.1) is 23.4 Å². The second-order valence-electron chi connectivity index (χ2n) is 5.80. The van der Waals surface area contributed by atoms with E-state index < -0.39 is 0 Å². The molecule has 3 rings (SSSR count). The molecule has 4 nitrogen and oxygen atoms in total. The number of aryl methyl sites for hydroxylation is 1. The van der Waals surface area contributed by atoms with Crippen LogP contribution in [0.4, 0.5) is 0 Å². The molecule has 1 fully saturated rings. The Morgan fingerprint density at radius 3 is 3.00 bits per heavy atom.